The molecule has 0 unspecified atom stereocenters. The summed E-state index contributed by atoms with van der Waals surface area (Å²) in [5.74, 6) is 1.61. The maximum absolute atomic E-state index is 5.22. The largest absolute Gasteiger partial charge is 0.277 e. The van der Waals surface area contributed by atoms with Gasteiger partial charge in [0.05, 0.1) is 0 Å². The molecule has 0 fully saturated rings. The van der Waals surface area contributed by atoms with Crippen LogP contribution < -0.4 is 0 Å². The van der Waals surface area contributed by atoms with Crippen LogP contribution in [0.5, 0.6) is 0 Å². The number of nitrogens with zero attached hydrogens (tertiary/aromatic N) is 6. The maximum atomic E-state index is 5.22. The fraction of sp³-hybridized carbons (Fsp3) is 0. The van der Waals surface area contributed by atoms with Crippen LogP contribution in [0, 0.1) is 0 Å². The van der Waals surface area contributed by atoms with Gasteiger partial charge in [0.15, 0.2) is 11.3 Å². The third kappa shape index (κ3) is 4.50. The Hall–Kier alpha value is -6.92. The first-order chi connectivity index (χ1) is 24.8. The molecule has 0 spiro atoms. The van der Waals surface area contributed by atoms with Crippen LogP contribution in [0.2, 0.25) is 0 Å². The van der Waals surface area contributed by atoms with Crippen LogP contribution in [0.4, 0.5) is 0 Å². The van der Waals surface area contributed by atoms with Crippen LogP contribution in [-0.4, -0.2) is 29.1 Å². The first-order valence-corrected chi connectivity index (χ1v) is 16.6. The molecule has 234 valence electrons. The standard InChI is InChI=1S/C44H28N6/c1-3-13-33(14-4-1)49-41(47-39-20-10-24-45-43(39)49)31-26-30(36-18-9-19-37-35-17-8-7-12-29(35)22-23-38(36)37)27-32(28-31)42-48-40-21-11-25-46-44(40)50(42)34-15-5-2-6-16-34/h1-28H. The van der Waals surface area contributed by atoms with E-state index in [1.165, 1.54) is 21.5 Å². The number of imidazole rings is 2. The second kappa shape index (κ2) is 11.4. The highest BCUT2D eigenvalue weighted by atomic mass is 15.1. The number of pyridine rings is 2. The lowest BCUT2D eigenvalue weighted by molar-refractivity contribution is 1.07. The minimum Gasteiger partial charge on any atom is -0.277 e. The third-order valence-corrected chi connectivity index (χ3v) is 9.41. The summed E-state index contributed by atoms with van der Waals surface area (Å²) >= 11 is 0. The van der Waals surface area contributed by atoms with E-state index in [9.17, 15) is 0 Å². The van der Waals surface area contributed by atoms with E-state index in [2.05, 4.69) is 106 Å². The van der Waals surface area contributed by atoms with E-state index in [0.717, 1.165) is 67.6 Å². The van der Waals surface area contributed by atoms with Gasteiger partial charge in [-0.3, -0.25) is 9.13 Å². The molecular weight excluding hydrogens is 613 g/mol. The van der Waals surface area contributed by atoms with Crippen molar-refractivity contribution in [3.8, 4) is 45.3 Å². The van der Waals surface area contributed by atoms with E-state index in [-0.39, 0.29) is 0 Å². The van der Waals surface area contributed by atoms with Crippen molar-refractivity contribution in [1.82, 2.24) is 29.1 Å². The van der Waals surface area contributed by atoms with E-state index in [0.29, 0.717) is 0 Å². The molecule has 0 radical (unpaired) electrons. The summed E-state index contributed by atoms with van der Waals surface area (Å²) in [7, 11) is 0. The van der Waals surface area contributed by atoms with Crippen LogP contribution in [0.25, 0.3) is 89.2 Å². The zero-order chi connectivity index (χ0) is 33.0. The molecule has 0 aliphatic rings. The number of fused-ring (bicyclic) bond motifs is 5. The molecular formula is C44H28N6. The summed E-state index contributed by atoms with van der Waals surface area (Å²) in [5, 5.41) is 4.86. The van der Waals surface area contributed by atoms with E-state index in [4.69, 9.17) is 19.9 Å². The summed E-state index contributed by atoms with van der Waals surface area (Å²) < 4.78 is 4.30. The highest BCUT2D eigenvalue weighted by Crippen LogP contribution is 2.39. The predicted molar refractivity (Wildman–Crippen MR) is 203 cm³/mol. The fourth-order valence-corrected chi connectivity index (χ4v) is 7.19. The van der Waals surface area contributed by atoms with Gasteiger partial charge in [0.25, 0.3) is 0 Å². The zero-order valence-electron chi connectivity index (χ0n) is 26.8. The van der Waals surface area contributed by atoms with Crippen molar-refractivity contribution < 1.29 is 0 Å². The Morgan fingerprint density at radius 2 is 0.920 bits per heavy atom. The minimum absolute atomic E-state index is 0.804. The summed E-state index contributed by atoms with van der Waals surface area (Å²) in [6.07, 6.45) is 3.65. The van der Waals surface area contributed by atoms with Crippen molar-refractivity contribution >= 4 is 43.9 Å². The van der Waals surface area contributed by atoms with E-state index in [1.54, 1.807) is 0 Å². The molecule has 6 nitrogen and oxygen atoms in total. The lowest BCUT2D eigenvalue weighted by Gasteiger charge is -2.15. The van der Waals surface area contributed by atoms with Crippen molar-refractivity contribution in [1.29, 1.82) is 0 Å². The SMILES string of the molecule is c1ccc(-n2c(-c3cc(-c4cccc5c4ccc4ccccc45)cc(-c4nc5cccnc5n4-c4ccccc4)c3)nc3cccnc32)cc1. The molecule has 10 rings (SSSR count). The van der Waals surface area contributed by atoms with Crippen molar-refractivity contribution in [2.45, 2.75) is 0 Å². The van der Waals surface area contributed by atoms with Crippen molar-refractivity contribution in [3.63, 3.8) is 0 Å². The van der Waals surface area contributed by atoms with Gasteiger partial charge in [-0.25, -0.2) is 19.9 Å². The lowest BCUT2D eigenvalue weighted by atomic mass is 9.92. The Morgan fingerprint density at radius 1 is 0.380 bits per heavy atom. The fourth-order valence-electron chi connectivity index (χ4n) is 7.19. The predicted octanol–water partition coefficient (Wildman–Crippen LogP) is 10.5. The number of rotatable bonds is 5. The zero-order valence-corrected chi connectivity index (χ0v) is 26.8. The average molecular weight is 641 g/mol. The van der Waals surface area contributed by atoms with Gasteiger partial charge < -0.3 is 0 Å². The summed E-state index contributed by atoms with van der Waals surface area (Å²) in [6, 6.07) is 54.9. The highest BCUT2D eigenvalue weighted by Gasteiger charge is 2.21. The normalized spacial score (nSPS) is 11.6. The molecule has 0 saturated carbocycles. The Labute approximate surface area is 287 Å². The molecule has 4 heterocycles. The molecule has 10 aromatic rings. The van der Waals surface area contributed by atoms with Crippen LogP contribution in [0.15, 0.2) is 170 Å². The van der Waals surface area contributed by atoms with Gasteiger partial charge in [-0.1, -0.05) is 91.0 Å². The van der Waals surface area contributed by atoms with E-state index < -0.39 is 0 Å². The second-order valence-electron chi connectivity index (χ2n) is 12.4. The van der Waals surface area contributed by atoms with Gasteiger partial charge in [-0.05, 0) is 99.4 Å². The van der Waals surface area contributed by atoms with Crippen LogP contribution in [0.3, 0.4) is 0 Å². The van der Waals surface area contributed by atoms with Crippen LogP contribution in [0.1, 0.15) is 0 Å². The number of benzene rings is 6. The number of hydrogen-bond acceptors (Lipinski definition) is 4. The molecule has 50 heavy (non-hydrogen) atoms. The van der Waals surface area contributed by atoms with Crippen molar-refractivity contribution in [2.75, 3.05) is 0 Å². The van der Waals surface area contributed by atoms with Crippen LogP contribution in [-0.2, 0) is 0 Å². The van der Waals surface area contributed by atoms with Crippen LogP contribution >= 0.6 is 0 Å². The Kier molecular flexibility index (Phi) is 6.39. The Bertz CT molecular complexity index is 2730. The minimum atomic E-state index is 0.804. The van der Waals surface area contributed by atoms with Gasteiger partial charge in [0.1, 0.15) is 22.7 Å². The molecule has 6 aromatic carbocycles. The van der Waals surface area contributed by atoms with Gasteiger partial charge in [0, 0.05) is 34.9 Å². The quantitative estimate of drug-likeness (QED) is 0.176. The van der Waals surface area contributed by atoms with Crippen molar-refractivity contribution in [2.24, 2.45) is 0 Å². The molecule has 0 N–H and O–H groups in total. The maximum Gasteiger partial charge on any atom is 0.164 e. The second-order valence-corrected chi connectivity index (χ2v) is 12.4. The molecule has 0 aliphatic heterocycles. The first kappa shape index (κ1) is 28.1. The summed E-state index contributed by atoms with van der Waals surface area (Å²) in [5.41, 5.74) is 9.37. The van der Waals surface area contributed by atoms with Crippen molar-refractivity contribution in [3.05, 3.63) is 170 Å². The van der Waals surface area contributed by atoms with Gasteiger partial charge in [-0.2, -0.15) is 0 Å². The highest BCUT2D eigenvalue weighted by molar-refractivity contribution is 6.12. The first-order valence-electron chi connectivity index (χ1n) is 16.6. The molecule has 0 aliphatic carbocycles. The Morgan fingerprint density at radius 3 is 1.54 bits per heavy atom. The van der Waals surface area contributed by atoms with E-state index >= 15 is 0 Å². The van der Waals surface area contributed by atoms with Gasteiger partial charge >= 0.3 is 0 Å². The number of para-hydroxylation sites is 2. The number of hydrogen-bond donors (Lipinski definition) is 0. The molecule has 0 saturated heterocycles. The monoisotopic (exact) mass is 640 g/mol. The van der Waals surface area contributed by atoms with E-state index in [1.807, 2.05) is 73.1 Å². The molecule has 0 bridgehead atoms. The number of aromatic nitrogens is 6. The van der Waals surface area contributed by atoms with Gasteiger partial charge in [0.2, 0.25) is 0 Å². The Balaban J connectivity index is 1.30. The lowest BCUT2D eigenvalue weighted by Crippen LogP contribution is -2.01. The summed E-state index contributed by atoms with van der Waals surface area (Å²) in [6.45, 7) is 0. The topological polar surface area (TPSA) is 61.4 Å². The third-order valence-electron chi connectivity index (χ3n) is 9.41. The smallest absolute Gasteiger partial charge is 0.164 e. The molecule has 0 atom stereocenters. The molecule has 4 aromatic heterocycles. The summed E-state index contributed by atoms with van der Waals surface area (Å²) in [4.78, 5) is 20.0. The molecule has 0 amide bonds. The van der Waals surface area contributed by atoms with Gasteiger partial charge in [-0.15, -0.1) is 0 Å². The molecule has 6 heteroatoms. The average Bonchev–Trinajstić information content (AvgIpc) is 3.78.